The first-order chi connectivity index (χ1) is 15.0. The molecule has 2 rings (SSSR count). The molecule has 2 aromatic rings. The molecule has 0 atom stereocenters. The molecule has 9 heteroatoms. The molecule has 0 bridgehead atoms. The molecular weight excluding hydrogens is 428 g/mol. The van der Waals surface area contributed by atoms with Crippen molar-refractivity contribution >= 4 is 34.7 Å². The zero-order valence-electron chi connectivity index (χ0n) is 18.1. The van der Waals surface area contributed by atoms with Gasteiger partial charge in [-0.1, -0.05) is 38.3 Å². The highest BCUT2D eigenvalue weighted by Gasteiger charge is 2.27. The van der Waals surface area contributed by atoms with Gasteiger partial charge in [-0.2, -0.15) is 0 Å². The normalized spacial score (nSPS) is 10.5. The molecule has 0 saturated carbocycles. The van der Waals surface area contributed by atoms with Crippen LogP contribution in [0.4, 0.5) is 9.59 Å². The third-order valence-electron chi connectivity index (χ3n) is 4.30. The van der Waals surface area contributed by atoms with Crippen LogP contribution < -0.4 is 18.9 Å². The van der Waals surface area contributed by atoms with Gasteiger partial charge in [0.15, 0.2) is 11.5 Å². The molecule has 0 aromatic heterocycles. The van der Waals surface area contributed by atoms with Crippen LogP contribution in [0.2, 0.25) is 5.02 Å². The summed E-state index contributed by atoms with van der Waals surface area (Å²) in [5.74, 6) is 0.187. The maximum atomic E-state index is 12.2. The number of fused-ring (bicyclic) bond motifs is 1. The Hall–Kier alpha value is -2.87. The van der Waals surface area contributed by atoms with Crippen LogP contribution in [0.5, 0.6) is 23.0 Å². The first-order valence-electron chi connectivity index (χ1n) is 10.0. The lowest BCUT2D eigenvalue weighted by Crippen LogP contribution is -2.14. The van der Waals surface area contributed by atoms with Gasteiger partial charge in [0, 0.05) is 15.8 Å². The van der Waals surface area contributed by atoms with E-state index in [-0.39, 0.29) is 36.2 Å². The number of hydrogen-bond acceptors (Lipinski definition) is 8. The van der Waals surface area contributed by atoms with Gasteiger partial charge in [0.1, 0.15) is 0 Å². The summed E-state index contributed by atoms with van der Waals surface area (Å²) < 4.78 is 31.9. The molecule has 8 nitrogen and oxygen atoms in total. The van der Waals surface area contributed by atoms with Crippen LogP contribution in [0.3, 0.4) is 0 Å². The summed E-state index contributed by atoms with van der Waals surface area (Å²) >= 11 is 6.17. The minimum Gasteiger partial charge on any atom is -0.490 e. The van der Waals surface area contributed by atoms with Gasteiger partial charge in [0.2, 0.25) is 11.5 Å². The smallest absolute Gasteiger partial charge is 0.490 e. The van der Waals surface area contributed by atoms with Gasteiger partial charge in [-0.25, -0.2) is 9.59 Å². The van der Waals surface area contributed by atoms with E-state index in [2.05, 4.69) is 0 Å². The minimum absolute atomic E-state index is 0.0325. The second-order valence-electron chi connectivity index (χ2n) is 6.52. The maximum absolute atomic E-state index is 12.2. The highest BCUT2D eigenvalue weighted by Crippen LogP contribution is 2.51. The molecule has 0 N–H and O–H groups in total. The highest BCUT2D eigenvalue weighted by molar-refractivity contribution is 6.31. The number of hydrogen-bond donors (Lipinski definition) is 0. The summed E-state index contributed by atoms with van der Waals surface area (Å²) in [6.45, 7) is 4.40. The van der Waals surface area contributed by atoms with E-state index >= 15 is 0 Å². The quantitative estimate of drug-likeness (QED) is 0.240. The summed E-state index contributed by atoms with van der Waals surface area (Å²) in [6.07, 6.45) is 1.35. The molecule has 0 aliphatic heterocycles. The third-order valence-corrected chi connectivity index (χ3v) is 4.54. The lowest BCUT2D eigenvalue weighted by Gasteiger charge is -2.19. The molecule has 0 heterocycles. The number of halogens is 1. The molecule has 0 radical (unpaired) electrons. The molecule has 0 fully saturated rings. The van der Waals surface area contributed by atoms with Crippen molar-refractivity contribution in [2.24, 2.45) is 0 Å². The molecule has 170 valence electrons. The number of unbranched alkanes of at least 4 members (excludes halogenated alkanes) is 2. The van der Waals surface area contributed by atoms with Gasteiger partial charge >= 0.3 is 12.3 Å². The molecule has 0 aliphatic carbocycles. The Labute approximate surface area is 186 Å². The molecule has 0 unspecified atom stereocenters. The van der Waals surface area contributed by atoms with Gasteiger partial charge in [-0.3, -0.25) is 0 Å². The monoisotopic (exact) mass is 454 g/mol. The average Bonchev–Trinajstić information content (AvgIpc) is 2.75. The van der Waals surface area contributed by atoms with Gasteiger partial charge in [0.05, 0.1) is 27.4 Å². The van der Waals surface area contributed by atoms with Crippen molar-refractivity contribution in [2.75, 3.05) is 27.4 Å². The summed E-state index contributed by atoms with van der Waals surface area (Å²) in [7, 11) is 2.74. The molecule has 0 spiro atoms. The van der Waals surface area contributed by atoms with Crippen molar-refractivity contribution in [3.05, 3.63) is 23.2 Å². The minimum atomic E-state index is -0.900. The molecule has 2 aromatic carbocycles. The molecule has 0 aliphatic rings. The fourth-order valence-electron chi connectivity index (χ4n) is 2.75. The number of ether oxygens (including phenoxy) is 6. The SMILES string of the molecule is CCCCOC(=O)Oc1c(OC)c(OC)c(OC(=O)OCCCC)c2cc(Cl)ccc12. The summed E-state index contributed by atoms with van der Waals surface area (Å²) in [5.41, 5.74) is 0. The molecule has 0 amide bonds. The number of carbonyl (C=O) groups is 2. The van der Waals surface area contributed by atoms with E-state index in [0.717, 1.165) is 12.8 Å². The average molecular weight is 455 g/mol. The summed E-state index contributed by atoms with van der Waals surface area (Å²) in [5, 5.41) is 1.15. The van der Waals surface area contributed by atoms with Crippen LogP contribution in [0.25, 0.3) is 10.8 Å². The van der Waals surface area contributed by atoms with Gasteiger partial charge in [-0.05, 0) is 31.0 Å². The van der Waals surface area contributed by atoms with Crippen molar-refractivity contribution in [2.45, 2.75) is 39.5 Å². The largest absolute Gasteiger partial charge is 0.513 e. The zero-order chi connectivity index (χ0) is 22.8. The predicted molar refractivity (Wildman–Crippen MR) is 116 cm³/mol. The van der Waals surface area contributed by atoms with Crippen LogP contribution in [-0.2, 0) is 9.47 Å². The Kier molecular flexibility index (Phi) is 9.52. The van der Waals surface area contributed by atoms with Crippen molar-refractivity contribution in [3.63, 3.8) is 0 Å². The van der Waals surface area contributed by atoms with Crippen LogP contribution in [0, 0.1) is 0 Å². The van der Waals surface area contributed by atoms with Gasteiger partial charge in [0.25, 0.3) is 0 Å². The van der Waals surface area contributed by atoms with Crippen molar-refractivity contribution in [3.8, 4) is 23.0 Å². The Morgan fingerprint density at radius 3 is 1.71 bits per heavy atom. The number of rotatable bonds is 10. The zero-order valence-corrected chi connectivity index (χ0v) is 18.9. The van der Waals surface area contributed by atoms with Crippen molar-refractivity contribution in [1.82, 2.24) is 0 Å². The Morgan fingerprint density at radius 2 is 1.26 bits per heavy atom. The second kappa shape index (κ2) is 12.1. The molecule has 0 saturated heterocycles. The Bertz CT molecular complexity index is 912. The number of methoxy groups -OCH3 is 2. The van der Waals surface area contributed by atoms with E-state index in [9.17, 15) is 9.59 Å². The van der Waals surface area contributed by atoms with E-state index in [1.165, 1.54) is 14.2 Å². The van der Waals surface area contributed by atoms with E-state index in [0.29, 0.717) is 28.6 Å². The van der Waals surface area contributed by atoms with Crippen LogP contribution >= 0.6 is 11.6 Å². The highest BCUT2D eigenvalue weighted by atomic mass is 35.5. The first-order valence-corrected chi connectivity index (χ1v) is 10.4. The van der Waals surface area contributed by atoms with E-state index < -0.39 is 12.3 Å². The van der Waals surface area contributed by atoms with Gasteiger partial charge in [-0.15, -0.1) is 0 Å². The maximum Gasteiger partial charge on any atom is 0.513 e. The molecule has 31 heavy (non-hydrogen) atoms. The Morgan fingerprint density at radius 1 is 0.774 bits per heavy atom. The summed E-state index contributed by atoms with van der Waals surface area (Å²) in [6, 6.07) is 4.78. The van der Waals surface area contributed by atoms with Crippen molar-refractivity contribution < 1.29 is 38.0 Å². The third kappa shape index (κ3) is 6.30. The van der Waals surface area contributed by atoms with Crippen molar-refractivity contribution in [1.29, 1.82) is 0 Å². The Balaban J connectivity index is 2.53. The van der Waals surface area contributed by atoms with Gasteiger partial charge < -0.3 is 28.4 Å². The van der Waals surface area contributed by atoms with E-state index in [4.69, 9.17) is 40.0 Å². The van der Waals surface area contributed by atoms with Crippen LogP contribution in [0.15, 0.2) is 18.2 Å². The fraction of sp³-hybridized carbons (Fsp3) is 0.455. The topological polar surface area (TPSA) is 89.5 Å². The summed E-state index contributed by atoms with van der Waals surface area (Å²) in [4.78, 5) is 24.4. The lowest BCUT2D eigenvalue weighted by atomic mass is 10.1. The lowest BCUT2D eigenvalue weighted by molar-refractivity contribution is 0.0944. The number of benzene rings is 2. The first kappa shape index (κ1) is 24.4. The fourth-order valence-corrected chi connectivity index (χ4v) is 2.92. The standard InChI is InChI=1S/C22H27ClO8/c1-5-7-11-28-21(24)30-17-15-10-9-14(23)13-16(15)18(20(27-4)19(17)26-3)31-22(25)29-12-8-6-2/h9-10,13H,5-8,11-12H2,1-4H3. The van der Waals surface area contributed by atoms with Crippen LogP contribution in [-0.4, -0.2) is 39.7 Å². The molecular formula is C22H27ClO8. The van der Waals surface area contributed by atoms with E-state index in [1.54, 1.807) is 18.2 Å². The predicted octanol–water partition coefficient (Wildman–Crippen LogP) is 6.14. The second-order valence-corrected chi connectivity index (χ2v) is 6.96. The van der Waals surface area contributed by atoms with Crippen LogP contribution in [0.1, 0.15) is 39.5 Å². The number of carbonyl (C=O) groups excluding carboxylic acids is 2. The van der Waals surface area contributed by atoms with E-state index in [1.807, 2.05) is 13.8 Å².